The highest BCUT2D eigenvalue weighted by Crippen LogP contribution is 2.21. The Balaban J connectivity index is 2.10. The molecule has 0 radical (unpaired) electrons. The fourth-order valence-corrected chi connectivity index (χ4v) is 2.64. The van der Waals surface area contributed by atoms with Gasteiger partial charge >= 0.3 is 0 Å². The maximum Gasteiger partial charge on any atom is 0.0146 e. The first kappa shape index (κ1) is 13.8. The molecule has 0 heterocycles. The maximum absolute atomic E-state index is 6.38. The molecule has 0 fully saturated rings. The van der Waals surface area contributed by atoms with Gasteiger partial charge in [0, 0.05) is 6.04 Å². The molecule has 19 heavy (non-hydrogen) atoms. The van der Waals surface area contributed by atoms with Gasteiger partial charge in [-0.1, -0.05) is 66.6 Å². The van der Waals surface area contributed by atoms with E-state index in [-0.39, 0.29) is 6.04 Å². The number of aryl methyl sites for hydroxylation is 2. The highest BCUT2D eigenvalue weighted by Gasteiger charge is 2.15. The van der Waals surface area contributed by atoms with Crippen LogP contribution < -0.4 is 5.73 Å². The van der Waals surface area contributed by atoms with Crippen molar-refractivity contribution in [3.8, 4) is 0 Å². The third-order valence-electron chi connectivity index (χ3n) is 3.72. The van der Waals surface area contributed by atoms with Crippen LogP contribution in [-0.2, 0) is 6.42 Å². The Labute approximate surface area is 116 Å². The van der Waals surface area contributed by atoms with E-state index in [0.29, 0.717) is 5.92 Å². The number of rotatable bonds is 4. The third kappa shape index (κ3) is 3.68. The van der Waals surface area contributed by atoms with Crippen LogP contribution in [-0.4, -0.2) is 6.04 Å². The number of benzene rings is 2. The molecule has 0 aliphatic carbocycles. The SMILES string of the molecule is Cc1cc(C)cc(CC(N)C(C)c2ccccc2)c1. The monoisotopic (exact) mass is 253 g/mol. The van der Waals surface area contributed by atoms with Crippen LogP contribution in [0.1, 0.15) is 35.1 Å². The lowest BCUT2D eigenvalue weighted by molar-refractivity contribution is 0.564. The predicted octanol–water partition coefficient (Wildman–Crippen LogP) is 3.98. The predicted molar refractivity (Wildman–Crippen MR) is 82.5 cm³/mol. The van der Waals surface area contributed by atoms with Crippen molar-refractivity contribution in [2.45, 2.75) is 39.2 Å². The van der Waals surface area contributed by atoms with Crippen molar-refractivity contribution in [3.63, 3.8) is 0 Å². The molecule has 1 nitrogen and oxygen atoms in total. The minimum Gasteiger partial charge on any atom is -0.327 e. The second-order valence-electron chi connectivity index (χ2n) is 5.56. The number of hydrogen-bond donors (Lipinski definition) is 1. The van der Waals surface area contributed by atoms with Crippen LogP contribution >= 0.6 is 0 Å². The van der Waals surface area contributed by atoms with E-state index in [1.165, 1.54) is 22.3 Å². The lowest BCUT2D eigenvalue weighted by atomic mass is 9.89. The molecule has 0 saturated carbocycles. The molecule has 1 heteroatoms. The van der Waals surface area contributed by atoms with E-state index >= 15 is 0 Å². The molecule has 0 aliphatic rings. The summed E-state index contributed by atoms with van der Waals surface area (Å²) in [7, 11) is 0. The molecule has 2 N–H and O–H groups in total. The Kier molecular flexibility index (Phi) is 4.39. The highest BCUT2D eigenvalue weighted by atomic mass is 14.6. The molecule has 2 rings (SSSR count). The van der Waals surface area contributed by atoms with Crippen LogP contribution in [0.25, 0.3) is 0 Å². The van der Waals surface area contributed by atoms with Crippen molar-refractivity contribution in [1.82, 2.24) is 0 Å². The lowest BCUT2D eigenvalue weighted by Gasteiger charge is -2.21. The molecule has 2 aromatic rings. The van der Waals surface area contributed by atoms with E-state index in [2.05, 4.69) is 63.2 Å². The summed E-state index contributed by atoms with van der Waals surface area (Å²) in [6.07, 6.45) is 0.929. The van der Waals surface area contributed by atoms with Crippen LogP contribution in [0, 0.1) is 13.8 Å². The third-order valence-corrected chi connectivity index (χ3v) is 3.72. The Morgan fingerprint density at radius 3 is 2.11 bits per heavy atom. The van der Waals surface area contributed by atoms with Crippen LogP contribution in [0.5, 0.6) is 0 Å². The van der Waals surface area contributed by atoms with Crippen molar-refractivity contribution in [2.24, 2.45) is 5.73 Å². The first-order valence-electron chi connectivity index (χ1n) is 6.94. The molecule has 2 aromatic carbocycles. The fourth-order valence-electron chi connectivity index (χ4n) is 2.64. The lowest BCUT2D eigenvalue weighted by Crippen LogP contribution is -2.29. The second-order valence-corrected chi connectivity index (χ2v) is 5.56. The molecule has 0 spiro atoms. The summed E-state index contributed by atoms with van der Waals surface area (Å²) in [5.74, 6) is 0.377. The van der Waals surface area contributed by atoms with Gasteiger partial charge in [-0.3, -0.25) is 0 Å². The van der Waals surface area contributed by atoms with E-state index in [1.54, 1.807) is 0 Å². The summed E-state index contributed by atoms with van der Waals surface area (Å²) < 4.78 is 0. The zero-order chi connectivity index (χ0) is 13.8. The maximum atomic E-state index is 6.38. The van der Waals surface area contributed by atoms with Gasteiger partial charge in [-0.05, 0) is 37.3 Å². The van der Waals surface area contributed by atoms with E-state index in [1.807, 2.05) is 6.07 Å². The van der Waals surface area contributed by atoms with Gasteiger partial charge in [0.05, 0.1) is 0 Å². The first-order chi connectivity index (χ1) is 9.06. The molecule has 0 bridgehead atoms. The quantitative estimate of drug-likeness (QED) is 0.876. The summed E-state index contributed by atoms with van der Waals surface area (Å²) in [5, 5.41) is 0. The standard InChI is InChI=1S/C18H23N/c1-13-9-14(2)11-16(10-13)12-18(19)15(3)17-7-5-4-6-8-17/h4-11,15,18H,12,19H2,1-3H3. The summed E-state index contributed by atoms with van der Waals surface area (Å²) in [6, 6.07) is 17.4. The van der Waals surface area contributed by atoms with E-state index in [0.717, 1.165) is 6.42 Å². The average Bonchev–Trinajstić information content (AvgIpc) is 2.37. The molecule has 0 aromatic heterocycles. The van der Waals surface area contributed by atoms with Gasteiger partial charge in [0.25, 0.3) is 0 Å². The van der Waals surface area contributed by atoms with Gasteiger partial charge in [0.2, 0.25) is 0 Å². The average molecular weight is 253 g/mol. The second kappa shape index (κ2) is 6.03. The summed E-state index contributed by atoms with van der Waals surface area (Å²) >= 11 is 0. The summed E-state index contributed by atoms with van der Waals surface area (Å²) in [6.45, 7) is 6.49. The van der Waals surface area contributed by atoms with Crippen LogP contribution in [0.3, 0.4) is 0 Å². The summed E-state index contributed by atoms with van der Waals surface area (Å²) in [4.78, 5) is 0. The van der Waals surface area contributed by atoms with Gasteiger partial charge in [-0.2, -0.15) is 0 Å². The van der Waals surface area contributed by atoms with E-state index in [4.69, 9.17) is 5.73 Å². The molecule has 0 aliphatic heterocycles. The molecule has 0 saturated heterocycles. The number of nitrogens with two attached hydrogens (primary N) is 1. The Morgan fingerprint density at radius 2 is 1.53 bits per heavy atom. The summed E-state index contributed by atoms with van der Waals surface area (Å²) in [5.41, 5.74) is 11.7. The topological polar surface area (TPSA) is 26.0 Å². The first-order valence-corrected chi connectivity index (χ1v) is 6.94. The van der Waals surface area contributed by atoms with Gasteiger partial charge < -0.3 is 5.73 Å². The highest BCUT2D eigenvalue weighted by molar-refractivity contribution is 5.30. The van der Waals surface area contributed by atoms with Crippen LogP contribution in [0.2, 0.25) is 0 Å². The van der Waals surface area contributed by atoms with Crippen molar-refractivity contribution < 1.29 is 0 Å². The molecule has 2 unspecified atom stereocenters. The fraction of sp³-hybridized carbons (Fsp3) is 0.333. The van der Waals surface area contributed by atoms with Gasteiger partial charge in [0.1, 0.15) is 0 Å². The Morgan fingerprint density at radius 1 is 0.947 bits per heavy atom. The van der Waals surface area contributed by atoms with Crippen molar-refractivity contribution in [2.75, 3.05) is 0 Å². The van der Waals surface area contributed by atoms with Crippen molar-refractivity contribution >= 4 is 0 Å². The largest absolute Gasteiger partial charge is 0.327 e. The molecule has 2 atom stereocenters. The molecular weight excluding hydrogens is 230 g/mol. The molecular formula is C18H23N. The van der Waals surface area contributed by atoms with Gasteiger partial charge in [-0.25, -0.2) is 0 Å². The van der Waals surface area contributed by atoms with E-state index in [9.17, 15) is 0 Å². The minimum absolute atomic E-state index is 0.156. The molecule has 100 valence electrons. The van der Waals surface area contributed by atoms with E-state index < -0.39 is 0 Å². The van der Waals surface area contributed by atoms with Crippen molar-refractivity contribution in [1.29, 1.82) is 0 Å². The zero-order valence-corrected chi connectivity index (χ0v) is 12.1. The van der Waals surface area contributed by atoms with Crippen LogP contribution in [0.15, 0.2) is 48.5 Å². The van der Waals surface area contributed by atoms with Gasteiger partial charge in [0.15, 0.2) is 0 Å². The Bertz CT molecular complexity index is 510. The number of hydrogen-bond acceptors (Lipinski definition) is 1. The van der Waals surface area contributed by atoms with Crippen LogP contribution in [0.4, 0.5) is 0 Å². The normalized spacial score (nSPS) is 14.1. The van der Waals surface area contributed by atoms with Crippen molar-refractivity contribution in [3.05, 3.63) is 70.8 Å². The smallest absolute Gasteiger partial charge is 0.0146 e. The molecule has 0 amide bonds. The van der Waals surface area contributed by atoms with Gasteiger partial charge in [-0.15, -0.1) is 0 Å². The zero-order valence-electron chi connectivity index (χ0n) is 12.1. The Hall–Kier alpha value is -1.60. The minimum atomic E-state index is 0.156.